The average molecular weight is 476 g/mol. The third kappa shape index (κ3) is 5.25. The number of hydrogen-bond donors (Lipinski definition) is 0. The molecule has 0 radical (unpaired) electrons. The number of nitrogens with zero attached hydrogens (tertiary/aromatic N) is 1. The van der Waals surface area contributed by atoms with Crippen molar-refractivity contribution in [2.75, 3.05) is 0 Å². The van der Waals surface area contributed by atoms with E-state index in [1.807, 2.05) is 66.7 Å². The Morgan fingerprint density at radius 2 is 1.41 bits per heavy atom. The molecule has 0 aliphatic carbocycles. The van der Waals surface area contributed by atoms with Crippen molar-refractivity contribution in [3.05, 3.63) is 83.4 Å². The number of rotatable bonds is 9. The first-order valence-electron chi connectivity index (χ1n) is 12.2. The van der Waals surface area contributed by atoms with Gasteiger partial charge in [0.05, 0.1) is 6.54 Å². The van der Waals surface area contributed by atoms with Gasteiger partial charge < -0.3 is 9.33 Å². The van der Waals surface area contributed by atoms with Crippen molar-refractivity contribution in [2.24, 2.45) is 0 Å². The zero-order valence-electron chi connectivity index (χ0n) is 21.2. The van der Waals surface area contributed by atoms with Gasteiger partial charge in [-0.25, -0.2) is 4.79 Å². The molecule has 5 heteroatoms. The summed E-state index contributed by atoms with van der Waals surface area (Å²) in [5.74, 6) is 0. The molecule has 0 heterocycles. The molecule has 0 unspecified atom stereocenters. The molecule has 0 spiro atoms. The fourth-order valence-electron chi connectivity index (χ4n) is 5.39. The summed E-state index contributed by atoms with van der Waals surface area (Å²) >= 11 is 0. The summed E-state index contributed by atoms with van der Waals surface area (Å²) in [5, 5.41) is 2.03. The van der Waals surface area contributed by atoms with Gasteiger partial charge in [-0.05, 0) is 38.5 Å². The molecule has 3 rings (SSSR count). The van der Waals surface area contributed by atoms with Crippen molar-refractivity contribution in [2.45, 2.75) is 71.3 Å². The monoisotopic (exact) mass is 475 g/mol. The van der Waals surface area contributed by atoms with Gasteiger partial charge in [-0.15, -0.1) is 0 Å². The summed E-state index contributed by atoms with van der Waals surface area (Å²) in [6, 6.07) is 21.7. The Bertz CT molecular complexity index is 1100. The maximum atomic E-state index is 13.9. The van der Waals surface area contributed by atoms with Crippen molar-refractivity contribution in [3.8, 4) is 0 Å². The summed E-state index contributed by atoms with van der Waals surface area (Å²) in [5.41, 5.74) is 3.35. The fourth-order valence-corrected chi connectivity index (χ4v) is 10.5. The van der Waals surface area contributed by atoms with Crippen LogP contribution in [0.2, 0.25) is 16.6 Å². The maximum Gasteiger partial charge on any atom is 0.396 e. The van der Waals surface area contributed by atoms with Crippen molar-refractivity contribution in [3.63, 3.8) is 0 Å². The van der Waals surface area contributed by atoms with Crippen molar-refractivity contribution < 1.29 is 14.0 Å². The molecule has 0 saturated heterocycles. The number of hydrogen-bond acceptors (Lipinski definition) is 3. The van der Waals surface area contributed by atoms with E-state index in [9.17, 15) is 9.59 Å². The number of aldehydes is 1. The minimum absolute atomic E-state index is 0.290. The van der Waals surface area contributed by atoms with Crippen LogP contribution in [-0.4, -0.2) is 25.6 Å². The van der Waals surface area contributed by atoms with Crippen LogP contribution in [0, 0.1) is 0 Å². The van der Waals surface area contributed by atoms with Crippen molar-refractivity contribution >= 4 is 31.5 Å². The van der Waals surface area contributed by atoms with Gasteiger partial charge in [-0.1, -0.05) is 108 Å². The lowest BCUT2D eigenvalue weighted by molar-refractivity contribution is 0.111. The molecule has 0 aliphatic rings. The largest absolute Gasteiger partial charge is 0.503 e. The Labute approximate surface area is 205 Å². The highest BCUT2D eigenvalue weighted by Crippen LogP contribution is 2.42. The van der Waals surface area contributed by atoms with Crippen molar-refractivity contribution in [1.29, 1.82) is 0 Å². The molecule has 0 N–H and O–H groups in total. The predicted molar refractivity (Wildman–Crippen MR) is 143 cm³/mol. The number of fused-ring (bicyclic) bond motifs is 1. The highest BCUT2D eigenvalue weighted by atomic mass is 28.4. The Balaban J connectivity index is 2.06. The van der Waals surface area contributed by atoms with Gasteiger partial charge in [-0.3, -0.25) is 4.79 Å². The lowest BCUT2D eigenvalue weighted by Crippen LogP contribution is -2.51. The second-order valence-electron chi connectivity index (χ2n) is 10.00. The molecule has 180 valence electrons. The Kier molecular flexibility index (Phi) is 8.31. The van der Waals surface area contributed by atoms with Gasteiger partial charge in [0.1, 0.15) is 6.29 Å². The molecule has 0 saturated carbocycles. The number of carbonyl (C=O) groups is 2. The predicted octanol–water partition coefficient (Wildman–Crippen LogP) is 7.97. The molecular formula is C29H37NO3Si. The molecule has 34 heavy (non-hydrogen) atoms. The van der Waals surface area contributed by atoms with Crippen LogP contribution in [0.15, 0.2) is 66.7 Å². The van der Waals surface area contributed by atoms with E-state index in [2.05, 4.69) is 41.5 Å². The van der Waals surface area contributed by atoms with Crippen molar-refractivity contribution in [1.82, 2.24) is 4.90 Å². The Morgan fingerprint density at radius 1 is 0.824 bits per heavy atom. The topological polar surface area (TPSA) is 46.6 Å². The molecule has 0 aromatic heterocycles. The van der Waals surface area contributed by atoms with Gasteiger partial charge in [0, 0.05) is 12.1 Å². The lowest BCUT2D eigenvalue weighted by atomic mass is 9.99. The van der Waals surface area contributed by atoms with E-state index in [1.54, 1.807) is 4.90 Å². The van der Waals surface area contributed by atoms with Crippen LogP contribution in [-0.2, 0) is 17.5 Å². The third-order valence-corrected chi connectivity index (χ3v) is 12.9. The van der Waals surface area contributed by atoms with E-state index >= 15 is 0 Å². The molecular weight excluding hydrogens is 438 g/mol. The van der Waals surface area contributed by atoms with E-state index in [4.69, 9.17) is 4.43 Å². The zero-order chi connectivity index (χ0) is 24.9. The minimum Gasteiger partial charge on any atom is -0.503 e. The van der Waals surface area contributed by atoms with E-state index in [0.29, 0.717) is 18.7 Å². The maximum absolute atomic E-state index is 13.9. The molecule has 0 atom stereocenters. The first-order valence-corrected chi connectivity index (χ1v) is 14.3. The molecule has 3 aromatic rings. The molecule has 4 nitrogen and oxygen atoms in total. The second kappa shape index (κ2) is 11.0. The minimum atomic E-state index is -2.42. The molecule has 1 amide bonds. The number of amides is 1. The highest BCUT2D eigenvalue weighted by Gasteiger charge is 2.49. The summed E-state index contributed by atoms with van der Waals surface area (Å²) in [4.78, 5) is 27.6. The van der Waals surface area contributed by atoms with Crippen LogP contribution in [0.25, 0.3) is 10.8 Å². The molecule has 0 fully saturated rings. The van der Waals surface area contributed by atoms with Crippen LogP contribution in [0.5, 0.6) is 0 Å². The first kappa shape index (κ1) is 25.7. The fraction of sp³-hybridized carbons (Fsp3) is 0.379. The zero-order valence-corrected chi connectivity index (χ0v) is 22.2. The van der Waals surface area contributed by atoms with Gasteiger partial charge in [0.15, 0.2) is 0 Å². The summed E-state index contributed by atoms with van der Waals surface area (Å²) in [6.07, 6.45) is 0.583. The van der Waals surface area contributed by atoms with E-state index in [-0.39, 0.29) is 22.7 Å². The number of benzene rings is 3. The highest BCUT2D eigenvalue weighted by molar-refractivity contribution is 6.78. The standard InChI is InChI=1S/C29H37NO3Si/c1-21(2)34(22(3)4,23(5)6)33-29(32)30(18-24-12-8-7-9-13-24)19-28-26(20-31)17-16-25-14-10-11-15-27(25)28/h7-17,20-23H,18-19H2,1-6H3. The van der Waals surface area contributed by atoms with E-state index in [0.717, 1.165) is 28.2 Å². The molecule has 0 bridgehead atoms. The SMILES string of the molecule is CC(C)[Si](OC(=O)N(Cc1ccccc1)Cc1c(C=O)ccc2ccccc12)(C(C)C)C(C)C. The molecule has 0 aliphatic heterocycles. The van der Waals surface area contributed by atoms with Crippen LogP contribution in [0.4, 0.5) is 4.79 Å². The first-order chi connectivity index (χ1) is 16.2. The van der Waals surface area contributed by atoms with Gasteiger partial charge in [-0.2, -0.15) is 0 Å². The van der Waals surface area contributed by atoms with Gasteiger partial charge >= 0.3 is 6.09 Å². The normalized spacial score (nSPS) is 11.9. The third-order valence-electron chi connectivity index (χ3n) is 7.00. The quantitative estimate of drug-likeness (QED) is 0.233. The van der Waals surface area contributed by atoms with Crippen LogP contribution < -0.4 is 0 Å². The van der Waals surface area contributed by atoms with Crippen LogP contribution in [0.3, 0.4) is 0 Å². The van der Waals surface area contributed by atoms with E-state index in [1.165, 1.54) is 0 Å². The summed E-state index contributed by atoms with van der Waals surface area (Å²) in [6.45, 7) is 13.8. The summed E-state index contributed by atoms with van der Waals surface area (Å²) < 4.78 is 6.55. The average Bonchev–Trinajstić information content (AvgIpc) is 2.82. The van der Waals surface area contributed by atoms with Crippen LogP contribution >= 0.6 is 0 Å². The van der Waals surface area contributed by atoms with Crippen LogP contribution in [0.1, 0.15) is 63.0 Å². The van der Waals surface area contributed by atoms with Gasteiger partial charge in [0.2, 0.25) is 0 Å². The lowest BCUT2D eigenvalue weighted by Gasteiger charge is -2.42. The number of carbonyl (C=O) groups excluding carboxylic acids is 2. The van der Waals surface area contributed by atoms with Gasteiger partial charge in [0.25, 0.3) is 8.32 Å². The Morgan fingerprint density at radius 3 is 2.00 bits per heavy atom. The molecule has 3 aromatic carbocycles. The smallest absolute Gasteiger partial charge is 0.396 e. The Hall–Kier alpha value is -2.92. The second-order valence-corrected chi connectivity index (χ2v) is 15.4. The van der Waals surface area contributed by atoms with E-state index < -0.39 is 8.32 Å². The summed E-state index contributed by atoms with van der Waals surface area (Å²) in [7, 11) is -2.42.